The van der Waals surface area contributed by atoms with Gasteiger partial charge in [0.1, 0.15) is 0 Å². The standard InChI is InChI=1S/C15H25N3O.HI/c1-5-16-15(18-11(2)3)17-10-14(19)13-8-6-12(4)7-9-13;/h6-9,11,14,19H,5,10H2,1-4H3,(H2,16,17,18);1H. The van der Waals surface area contributed by atoms with E-state index < -0.39 is 6.10 Å². The van der Waals surface area contributed by atoms with Gasteiger partial charge in [0.05, 0.1) is 12.6 Å². The molecule has 0 spiro atoms. The average Bonchev–Trinajstić information content (AvgIpc) is 2.36. The van der Waals surface area contributed by atoms with Crippen molar-refractivity contribution in [2.24, 2.45) is 4.99 Å². The number of aliphatic hydroxyl groups excluding tert-OH is 1. The van der Waals surface area contributed by atoms with E-state index in [1.807, 2.05) is 38.1 Å². The SMILES string of the molecule is CCNC(=NCC(O)c1ccc(C)cc1)NC(C)C.I. The van der Waals surface area contributed by atoms with Crippen molar-refractivity contribution in [1.29, 1.82) is 0 Å². The van der Waals surface area contributed by atoms with Gasteiger partial charge in [-0.15, -0.1) is 24.0 Å². The third-order valence-corrected chi connectivity index (χ3v) is 2.65. The molecule has 0 aliphatic carbocycles. The van der Waals surface area contributed by atoms with Crippen LogP contribution in [0, 0.1) is 6.92 Å². The quantitative estimate of drug-likeness (QED) is 0.411. The Bertz CT molecular complexity index is 404. The predicted octanol–water partition coefficient (Wildman–Crippen LogP) is 2.61. The first-order chi connectivity index (χ1) is 9.02. The first-order valence-electron chi connectivity index (χ1n) is 6.82. The number of hydrogen-bond donors (Lipinski definition) is 3. The third-order valence-electron chi connectivity index (χ3n) is 2.65. The highest BCUT2D eigenvalue weighted by Crippen LogP contribution is 2.13. The van der Waals surface area contributed by atoms with Gasteiger partial charge in [-0.05, 0) is 33.3 Å². The van der Waals surface area contributed by atoms with Crippen LogP contribution in [0.15, 0.2) is 29.3 Å². The zero-order valence-corrected chi connectivity index (χ0v) is 15.0. The maximum atomic E-state index is 10.1. The number of nitrogens with zero attached hydrogens (tertiary/aromatic N) is 1. The van der Waals surface area contributed by atoms with Crippen LogP contribution in [0.3, 0.4) is 0 Å². The maximum absolute atomic E-state index is 10.1. The zero-order chi connectivity index (χ0) is 14.3. The van der Waals surface area contributed by atoms with Gasteiger partial charge in [-0.2, -0.15) is 0 Å². The molecule has 20 heavy (non-hydrogen) atoms. The van der Waals surface area contributed by atoms with Crippen molar-refractivity contribution in [3.8, 4) is 0 Å². The van der Waals surface area contributed by atoms with Crippen LogP contribution >= 0.6 is 24.0 Å². The van der Waals surface area contributed by atoms with Gasteiger partial charge in [-0.3, -0.25) is 4.99 Å². The minimum Gasteiger partial charge on any atom is -0.386 e. The molecule has 0 aliphatic rings. The smallest absolute Gasteiger partial charge is 0.191 e. The molecule has 4 nitrogen and oxygen atoms in total. The van der Waals surface area contributed by atoms with Crippen molar-refractivity contribution in [2.75, 3.05) is 13.1 Å². The second kappa shape index (κ2) is 9.99. The number of rotatable bonds is 5. The Labute approximate surface area is 139 Å². The summed E-state index contributed by atoms with van der Waals surface area (Å²) in [7, 11) is 0. The van der Waals surface area contributed by atoms with Crippen molar-refractivity contribution in [2.45, 2.75) is 39.8 Å². The number of nitrogens with one attached hydrogen (secondary N) is 2. The molecule has 0 amide bonds. The van der Waals surface area contributed by atoms with E-state index in [-0.39, 0.29) is 24.0 Å². The first kappa shape index (κ1) is 19.2. The van der Waals surface area contributed by atoms with Gasteiger partial charge in [0.25, 0.3) is 0 Å². The summed E-state index contributed by atoms with van der Waals surface area (Å²) in [5, 5.41) is 16.5. The number of aliphatic imine (C=N–C) groups is 1. The van der Waals surface area contributed by atoms with Crippen LogP contribution in [-0.2, 0) is 0 Å². The number of halogens is 1. The number of aryl methyl sites for hydroxylation is 1. The van der Waals surface area contributed by atoms with Crippen molar-refractivity contribution >= 4 is 29.9 Å². The van der Waals surface area contributed by atoms with Crippen molar-refractivity contribution in [3.63, 3.8) is 0 Å². The Morgan fingerprint density at radius 2 is 1.85 bits per heavy atom. The molecule has 5 heteroatoms. The number of hydrogen-bond acceptors (Lipinski definition) is 2. The van der Waals surface area contributed by atoms with Crippen LogP contribution in [0.5, 0.6) is 0 Å². The molecule has 0 saturated carbocycles. The number of guanidine groups is 1. The van der Waals surface area contributed by atoms with Crippen molar-refractivity contribution < 1.29 is 5.11 Å². The van der Waals surface area contributed by atoms with E-state index in [4.69, 9.17) is 0 Å². The molecule has 3 N–H and O–H groups in total. The number of benzene rings is 1. The van der Waals surface area contributed by atoms with E-state index >= 15 is 0 Å². The van der Waals surface area contributed by atoms with Gasteiger partial charge in [-0.1, -0.05) is 29.8 Å². The van der Waals surface area contributed by atoms with E-state index in [2.05, 4.69) is 29.5 Å². The molecule has 0 bridgehead atoms. The molecule has 0 radical (unpaired) electrons. The summed E-state index contributed by atoms with van der Waals surface area (Å²) in [5.41, 5.74) is 2.09. The Morgan fingerprint density at radius 3 is 2.35 bits per heavy atom. The highest BCUT2D eigenvalue weighted by Gasteiger charge is 2.07. The Kier molecular flexibility index (Phi) is 9.58. The molecule has 1 aromatic carbocycles. The zero-order valence-electron chi connectivity index (χ0n) is 12.7. The first-order valence-corrected chi connectivity index (χ1v) is 6.82. The molecule has 0 aliphatic heterocycles. The largest absolute Gasteiger partial charge is 0.386 e. The lowest BCUT2D eigenvalue weighted by atomic mass is 10.1. The molecular formula is C15H26IN3O. The van der Waals surface area contributed by atoms with Gasteiger partial charge in [-0.25, -0.2) is 0 Å². The van der Waals surface area contributed by atoms with E-state index in [9.17, 15) is 5.11 Å². The third kappa shape index (κ3) is 7.09. The summed E-state index contributed by atoms with van der Waals surface area (Å²) in [6.45, 7) is 9.33. The van der Waals surface area contributed by atoms with Crippen molar-refractivity contribution in [3.05, 3.63) is 35.4 Å². The van der Waals surface area contributed by atoms with Crippen molar-refractivity contribution in [1.82, 2.24) is 10.6 Å². The fourth-order valence-electron chi connectivity index (χ4n) is 1.67. The summed E-state index contributed by atoms with van der Waals surface area (Å²) in [6.07, 6.45) is -0.566. The Balaban J connectivity index is 0.00000361. The summed E-state index contributed by atoms with van der Waals surface area (Å²) in [5.74, 6) is 0.740. The van der Waals surface area contributed by atoms with E-state index in [0.717, 1.165) is 18.1 Å². The molecule has 114 valence electrons. The van der Waals surface area contributed by atoms with Crippen LogP contribution in [0.4, 0.5) is 0 Å². The molecule has 1 aromatic rings. The lowest BCUT2D eigenvalue weighted by molar-refractivity contribution is 0.187. The van der Waals surface area contributed by atoms with Gasteiger partial charge in [0, 0.05) is 12.6 Å². The molecular weight excluding hydrogens is 365 g/mol. The molecule has 0 aromatic heterocycles. The second-order valence-corrected chi connectivity index (χ2v) is 4.95. The highest BCUT2D eigenvalue weighted by atomic mass is 127. The molecule has 0 saturated heterocycles. The summed E-state index contributed by atoms with van der Waals surface area (Å²) >= 11 is 0. The minimum absolute atomic E-state index is 0. The molecule has 1 unspecified atom stereocenters. The van der Waals surface area contributed by atoms with Crippen LogP contribution in [0.2, 0.25) is 0 Å². The highest BCUT2D eigenvalue weighted by molar-refractivity contribution is 14.0. The normalized spacial score (nSPS) is 12.8. The summed E-state index contributed by atoms with van der Waals surface area (Å²) in [6, 6.07) is 8.20. The summed E-state index contributed by atoms with van der Waals surface area (Å²) in [4.78, 5) is 4.40. The molecule has 0 fully saturated rings. The van der Waals surface area contributed by atoms with E-state index in [0.29, 0.717) is 12.6 Å². The molecule has 1 atom stereocenters. The minimum atomic E-state index is -0.566. The molecule has 1 rings (SSSR count). The fraction of sp³-hybridized carbons (Fsp3) is 0.533. The van der Waals surface area contributed by atoms with Crippen LogP contribution < -0.4 is 10.6 Å². The topological polar surface area (TPSA) is 56.7 Å². The Morgan fingerprint density at radius 1 is 1.25 bits per heavy atom. The monoisotopic (exact) mass is 391 g/mol. The maximum Gasteiger partial charge on any atom is 0.191 e. The van der Waals surface area contributed by atoms with Gasteiger partial charge in [0.15, 0.2) is 5.96 Å². The van der Waals surface area contributed by atoms with Gasteiger partial charge >= 0.3 is 0 Å². The van der Waals surface area contributed by atoms with Crippen LogP contribution in [-0.4, -0.2) is 30.2 Å². The van der Waals surface area contributed by atoms with E-state index in [1.54, 1.807) is 0 Å². The predicted molar refractivity (Wildman–Crippen MR) is 95.8 cm³/mol. The van der Waals surface area contributed by atoms with Crippen LogP contribution in [0.1, 0.15) is 38.0 Å². The fourth-order valence-corrected chi connectivity index (χ4v) is 1.67. The number of aliphatic hydroxyl groups is 1. The van der Waals surface area contributed by atoms with Crippen LogP contribution in [0.25, 0.3) is 0 Å². The average molecular weight is 391 g/mol. The second-order valence-electron chi connectivity index (χ2n) is 4.95. The van der Waals surface area contributed by atoms with Gasteiger partial charge < -0.3 is 15.7 Å². The lowest BCUT2D eigenvalue weighted by Crippen LogP contribution is -2.41. The molecule has 0 heterocycles. The summed E-state index contributed by atoms with van der Waals surface area (Å²) < 4.78 is 0. The van der Waals surface area contributed by atoms with Gasteiger partial charge in [0.2, 0.25) is 0 Å². The lowest BCUT2D eigenvalue weighted by Gasteiger charge is -2.15. The van der Waals surface area contributed by atoms with E-state index in [1.165, 1.54) is 5.56 Å². The Hall–Kier alpha value is -0.820.